The second-order valence-corrected chi connectivity index (χ2v) is 7.29. The van der Waals surface area contributed by atoms with Gasteiger partial charge in [-0.05, 0) is 32.1 Å². The van der Waals surface area contributed by atoms with E-state index in [0.717, 1.165) is 23.7 Å². The Kier molecular flexibility index (Phi) is 7.72. The summed E-state index contributed by atoms with van der Waals surface area (Å²) in [6.45, 7) is 9.04. The molecule has 21 heavy (non-hydrogen) atoms. The SMILES string of the molecule is CCCCC(C(=O)O)C(C)C1CCCC[N+]1(C)CCCC. The molecule has 1 heterocycles. The normalized spacial score (nSPS) is 29.0. The molecule has 4 atom stereocenters. The van der Waals surface area contributed by atoms with Crippen LogP contribution < -0.4 is 0 Å². The molecule has 0 bridgehead atoms. The van der Waals surface area contributed by atoms with Gasteiger partial charge in [0.05, 0.1) is 32.1 Å². The lowest BCUT2D eigenvalue weighted by atomic mass is 9.79. The van der Waals surface area contributed by atoms with Gasteiger partial charge in [0, 0.05) is 5.92 Å². The minimum Gasteiger partial charge on any atom is -0.481 e. The molecular weight excluding hydrogens is 262 g/mol. The molecule has 1 fully saturated rings. The Labute approximate surface area is 131 Å². The van der Waals surface area contributed by atoms with Crippen LogP contribution in [0, 0.1) is 11.8 Å². The summed E-state index contributed by atoms with van der Waals surface area (Å²) in [4.78, 5) is 11.7. The van der Waals surface area contributed by atoms with Crippen molar-refractivity contribution >= 4 is 5.97 Å². The third-order valence-corrected chi connectivity index (χ3v) is 5.67. The fraction of sp³-hybridized carbons (Fsp3) is 0.944. The topological polar surface area (TPSA) is 37.3 Å². The van der Waals surface area contributed by atoms with E-state index in [4.69, 9.17) is 0 Å². The first-order valence-electron chi connectivity index (χ1n) is 9.03. The van der Waals surface area contributed by atoms with Crippen LogP contribution in [-0.2, 0) is 4.79 Å². The van der Waals surface area contributed by atoms with Crippen LogP contribution in [0.2, 0.25) is 0 Å². The smallest absolute Gasteiger partial charge is 0.307 e. The Morgan fingerprint density at radius 1 is 1.24 bits per heavy atom. The monoisotopic (exact) mass is 298 g/mol. The van der Waals surface area contributed by atoms with Crippen LogP contribution in [0.4, 0.5) is 0 Å². The van der Waals surface area contributed by atoms with Crippen LogP contribution in [0.5, 0.6) is 0 Å². The third-order valence-electron chi connectivity index (χ3n) is 5.67. The molecule has 1 saturated heterocycles. The third kappa shape index (κ3) is 4.98. The molecule has 0 spiro atoms. The van der Waals surface area contributed by atoms with Crippen LogP contribution in [-0.4, -0.2) is 41.7 Å². The van der Waals surface area contributed by atoms with Gasteiger partial charge >= 0.3 is 5.97 Å². The molecule has 0 amide bonds. The van der Waals surface area contributed by atoms with E-state index in [-0.39, 0.29) is 11.8 Å². The molecule has 0 saturated carbocycles. The minimum atomic E-state index is -0.580. The van der Waals surface area contributed by atoms with E-state index in [1.54, 1.807) is 0 Å². The quantitative estimate of drug-likeness (QED) is 0.644. The molecule has 1 N–H and O–H groups in total. The number of piperidine rings is 1. The molecule has 0 aromatic rings. The Morgan fingerprint density at radius 2 is 1.90 bits per heavy atom. The zero-order chi connectivity index (χ0) is 15.9. The van der Waals surface area contributed by atoms with Crippen LogP contribution in [0.15, 0.2) is 0 Å². The Morgan fingerprint density at radius 3 is 2.48 bits per heavy atom. The van der Waals surface area contributed by atoms with Crippen molar-refractivity contribution in [1.82, 2.24) is 0 Å². The number of carboxylic acid groups (broad SMARTS) is 1. The van der Waals surface area contributed by atoms with Crippen molar-refractivity contribution in [1.29, 1.82) is 0 Å². The lowest BCUT2D eigenvalue weighted by molar-refractivity contribution is -0.942. The van der Waals surface area contributed by atoms with E-state index >= 15 is 0 Å². The first-order valence-corrected chi connectivity index (χ1v) is 9.03. The van der Waals surface area contributed by atoms with E-state index in [1.165, 1.54) is 45.2 Å². The standard InChI is InChI=1S/C18H35NO2/c1-5-7-11-16(18(20)21)15(3)17-12-9-10-14-19(17,4)13-8-6-2/h15-17H,5-14H2,1-4H3/p+1. The van der Waals surface area contributed by atoms with Crippen LogP contribution >= 0.6 is 0 Å². The van der Waals surface area contributed by atoms with E-state index in [1.807, 2.05) is 0 Å². The number of aliphatic carboxylic acids is 1. The minimum absolute atomic E-state index is 0.160. The predicted octanol–water partition coefficient (Wildman–Crippen LogP) is 4.31. The largest absolute Gasteiger partial charge is 0.481 e. The molecule has 1 rings (SSSR count). The summed E-state index contributed by atoms with van der Waals surface area (Å²) in [5.74, 6) is -0.452. The van der Waals surface area contributed by atoms with Gasteiger partial charge in [-0.2, -0.15) is 0 Å². The average Bonchev–Trinajstić information content (AvgIpc) is 2.45. The molecule has 0 aliphatic carbocycles. The number of rotatable bonds is 9. The van der Waals surface area contributed by atoms with E-state index in [0.29, 0.717) is 6.04 Å². The number of likely N-dealkylation sites (tertiary alicyclic amines) is 1. The van der Waals surface area contributed by atoms with Crippen LogP contribution in [0.1, 0.15) is 72.1 Å². The van der Waals surface area contributed by atoms with Crippen molar-refractivity contribution in [2.75, 3.05) is 20.1 Å². The molecule has 1 aliphatic heterocycles. The number of unbranched alkanes of at least 4 members (excludes halogenated alkanes) is 2. The maximum atomic E-state index is 11.7. The highest BCUT2D eigenvalue weighted by Crippen LogP contribution is 2.35. The molecule has 1 aliphatic rings. The van der Waals surface area contributed by atoms with E-state index in [2.05, 4.69) is 27.8 Å². The molecule has 4 unspecified atom stereocenters. The maximum Gasteiger partial charge on any atom is 0.307 e. The summed E-state index contributed by atoms with van der Waals surface area (Å²) in [6.07, 6.45) is 9.23. The van der Waals surface area contributed by atoms with Gasteiger partial charge in [-0.15, -0.1) is 0 Å². The van der Waals surface area contributed by atoms with Crippen molar-refractivity contribution in [3.8, 4) is 0 Å². The van der Waals surface area contributed by atoms with Gasteiger partial charge < -0.3 is 9.59 Å². The van der Waals surface area contributed by atoms with Gasteiger partial charge in [-0.25, -0.2) is 0 Å². The van der Waals surface area contributed by atoms with Crippen molar-refractivity contribution < 1.29 is 14.4 Å². The van der Waals surface area contributed by atoms with Crippen LogP contribution in [0.25, 0.3) is 0 Å². The summed E-state index contributed by atoms with van der Waals surface area (Å²) in [7, 11) is 2.37. The van der Waals surface area contributed by atoms with Gasteiger partial charge in [-0.1, -0.05) is 40.0 Å². The number of carbonyl (C=O) groups is 1. The lowest BCUT2D eigenvalue weighted by Gasteiger charge is -2.48. The molecule has 0 radical (unpaired) electrons. The van der Waals surface area contributed by atoms with E-state index < -0.39 is 5.97 Å². The maximum absolute atomic E-state index is 11.7. The highest BCUT2D eigenvalue weighted by atomic mass is 16.4. The second kappa shape index (κ2) is 8.77. The summed E-state index contributed by atoms with van der Waals surface area (Å²) in [5.41, 5.74) is 0. The Hall–Kier alpha value is -0.570. The predicted molar refractivity (Wildman–Crippen MR) is 88.3 cm³/mol. The number of hydrogen-bond acceptors (Lipinski definition) is 1. The van der Waals surface area contributed by atoms with Crippen molar-refractivity contribution in [2.45, 2.75) is 78.2 Å². The van der Waals surface area contributed by atoms with Crippen molar-refractivity contribution in [2.24, 2.45) is 11.8 Å². The number of quaternary nitrogens is 1. The highest BCUT2D eigenvalue weighted by Gasteiger charge is 2.42. The Bertz CT molecular complexity index is 318. The fourth-order valence-corrected chi connectivity index (χ4v) is 4.23. The first kappa shape index (κ1) is 18.5. The van der Waals surface area contributed by atoms with Gasteiger partial charge in [0.25, 0.3) is 0 Å². The van der Waals surface area contributed by atoms with Crippen molar-refractivity contribution in [3.63, 3.8) is 0 Å². The summed E-state index contributed by atoms with van der Waals surface area (Å²) < 4.78 is 1.10. The molecule has 0 aromatic heterocycles. The molecule has 124 valence electrons. The molecule has 3 heteroatoms. The summed E-state index contributed by atoms with van der Waals surface area (Å²) in [6, 6.07) is 0.531. The fourth-order valence-electron chi connectivity index (χ4n) is 4.23. The molecule has 0 aromatic carbocycles. The van der Waals surface area contributed by atoms with Crippen LogP contribution in [0.3, 0.4) is 0 Å². The molecular formula is C18H36NO2+. The van der Waals surface area contributed by atoms with Gasteiger partial charge in [0.15, 0.2) is 0 Å². The molecule has 3 nitrogen and oxygen atoms in total. The second-order valence-electron chi connectivity index (χ2n) is 7.29. The lowest BCUT2D eigenvalue weighted by Crippen LogP contribution is -2.59. The van der Waals surface area contributed by atoms with Gasteiger partial charge in [0.1, 0.15) is 0 Å². The zero-order valence-electron chi connectivity index (χ0n) is 14.6. The van der Waals surface area contributed by atoms with Crippen molar-refractivity contribution in [3.05, 3.63) is 0 Å². The van der Waals surface area contributed by atoms with Gasteiger partial charge in [-0.3, -0.25) is 4.79 Å². The summed E-state index contributed by atoms with van der Waals surface area (Å²) >= 11 is 0. The average molecular weight is 298 g/mol. The number of hydrogen-bond donors (Lipinski definition) is 1. The number of nitrogens with zero attached hydrogens (tertiary/aromatic N) is 1. The van der Waals surface area contributed by atoms with E-state index in [9.17, 15) is 9.90 Å². The van der Waals surface area contributed by atoms with Gasteiger partial charge in [0.2, 0.25) is 0 Å². The Balaban J connectivity index is 2.82. The first-order chi connectivity index (χ1) is 9.96. The number of carboxylic acids is 1. The zero-order valence-corrected chi connectivity index (χ0v) is 14.6. The summed E-state index contributed by atoms with van der Waals surface area (Å²) in [5, 5.41) is 9.64. The highest BCUT2D eigenvalue weighted by molar-refractivity contribution is 5.70.